The lowest BCUT2D eigenvalue weighted by Gasteiger charge is -2.19. The van der Waals surface area contributed by atoms with Gasteiger partial charge in [-0.2, -0.15) is 0 Å². The minimum atomic E-state index is 0.472. The van der Waals surface area contributed by atoms with Gasteiger partial charge in [-0.3, -0.25) is 0 Å². The van der Waals surface area contributed by atoms with Crippen molar-refractivity contribution in [3.05, 3.63) is 0 Å². The topological polar surface area (TPSA) is 15.3 Å². The number of likely N-dealkylation sites (tertiary alicyclic amines) is 1. The second-order valence-corrected chi connectivity index (χ2v) is 5.93. The maximum Gasteiger partial charge on any atom is 0.00192 e. The summed E-state index contributed by atoms with van der Waals surface area (Å²) in [4.78, 5) is 2.43. The van der Waals surface area contributed by atoms with E-state index >= 15 is 0 Å². The predicted molar refractivity (Wildman–Crippen MR) is 62.5 cm³/mol. The third-order valence-corrected chi connectivity index (χ3v) is 2.97. The Labute approximate surface area is 89.1 Å². The zero-order chi connectivity index (χ0) is 10.6. The molecule has 0 aromatic carbocycles. The summed E-state index contributed by atoms with van der Waals surface area (Å²) < 4.78 is 0. The molecular weight excluding hydrogens is 172 g/mol. The zero-order valence-corrected chi connectivity index (χ0v) is 10.3. The van der Waals surface area contributed by atoms with Gasteiger partial charge in [-0.05, 0) is 50.9 Å². The van der Waals surface area contributed by atoms with Gasteiger partial charge in [-0.1, -0.05) is 20.8 Å². The highest BCUT2D eigenvalue weighted by atomic mass is 15.1. The molecular formula is C12H26N2. The summed E-state index contributed by atoms with van der Waals surface area (Å²) in [5.74, 6) is 0.889. The van der Waals surface area contributed by atoms with Crippen molar-refractivity contribution in [2.75, 3.05) is 33.2 Å². The fourth-order valence-corrected chi connectivity index (χ4v) is 1.96. The molecule has 1 fully saturated rings. The van der Waals surface area contributed by atoms with Crippen LogP contribution in [0, 0.1) is 11.3 Å². The zero-order valence-electron chi connectivity index (χ0n) is 10.3. The lowest BCUT2D eigenvalue weighted by molar-refractivity contribution is 0.352. The van der Waals surface area contributed by atoms with Gasteiger partial charge in [0, 0.05) is 6.54 Å². The number of rotatable bonds is 4. The predicted octanol–water partition coefficient (Wildman–Crippen LogP) is 1.96. The molecule has 0 radical (unpaired) electrons. The maximum atomic E-state index is 3.58. The molecule has 1 rings (SSSR count). The van der Waals surface area contributed by atoms with Crippen molar-refractivity contribution in [3.8, 4) is 0 Å². The molecule has 84 valence electrons. The highest BCUT2D eigenvalue weighted by Crippen LogP contribution is 2.17. The van der Waals surface area contributed by atoms with Gasteiger partial charge < -0.3 is 10.2 Å². The Balaban J connectivity index is 1.99. The van der Waals surface area contributed by atoms with E-state index in [0.29, 0.717) is 5.41 Å². The van der Waals surface area contributed by atoms with Gasteiger partial charge in [0.15, 0.2) is 0 Å². The molecule has 1 atom stereocenters. The minimum absolute atomic E-state index is 0.472. The summed E-state index contributed by atoms with van der Waals surface area (Å²) in [6.07, 6.45) is 2.65. The number of hydrogen-bond donors (Lipinski definition) is 1. The van der Waals surface area contributed by atoms with Gasteiger partial charge in [0.25, 0.3) is 0 Å². The molecule has 0 amide bonds. The largest absolute Gasteiger partial charge is 0.316 e. The summed E-state index contributed by atoms with van der Waals surface area (Å²) in [6, 6.07) is 0. The Morgan fingerprint density at radius 3 is 2.57 bits per heavy atom. The van der Waals surface area contributed by atoms with E-state index in [4.69, 9.17) is 0 Å². The van der Waals surface area contributed by atoms with E-state index in [-0.39, 0.29) is 0 Å². The van der Waals surface area contributed by atoms with Crippen molar-refractivity contribution in [2.45, 2.75) is 33.6 Å². The lowest BCUT2D eigenvalue weighted by Crippen LogP contribution is -2.27. The van der Waals surface area contributed by atoms with Gasteiger partial charge in [0.2, 0.25) is 0 Å². The Morgan fingerprint density at radius 1 is 1.36 bits per heavy atom. The highest BCUT2D eigenvalue weighted by Gasteiger charge is 2.18. The van der Waals surface area contributed by atoms with Gasteiger partial charge in [-0.25, -0.2) is 0 Å². The first-order valence-corrected chi connectivity index (χ1v) is 5.87. The maximum absolute atomic E-state index is 3.58. The van der Waals surface area contributed by atoms with Crippen molar-refractivity contribution in [2.24, 2.45) is 11.3 Å². The molecule has 14 heavy (non-hydrogen) atoms. The van der Waals surface area contributed by atoms with Crippen molar-refractivity contribution >= 4 is 0 Å². The third kappa shape index (κ3) is 4.97. The molecule has 1 unspecified atom stereocenters. The summed E-state index contributed by atoms with van der Waals surface area (Å²) >= 11 is 0. The first-order valence-electron chi connectivity index (χ1n) is 5.87. The SMILES string of the molecule is CN1CCC(CNCCC(C)(C)C)C1. The van der Waals surface area contributed by atoms with E-state index in [1.807, 2.05) is 0 Å². The van der Waals surface area contributed by atoms with Gasteiger partial charge in [0.05, 0.1) is 0 Å². The first kappa shape index (κ1) is 12.0. The third-order valence-electron chi connectivity index (χ3n) is 2.97. The van der Waals surface area contributed by atoms with Crippen LogP contribution in [-0.4, -0.2) is 38.1 Å². The Hall–Kier alpha value is -0.0800. The lowest BCUT2D eigenvalue weighted by atomic mass is 9.92. The number of nitrogens with one attached hydrogen (secondary N) is 1. The van der Waals surface area contributed by atoms with Gasteiger partial charge in [0.1, 0.15) is 0 Å². The minimum Gasteiger partial charge on any atom is -0.316 e. The molecule has 0 bridgehead atoms. The molecule has 1 aliphatic heterocycles. The van der Waals surface area contributed by atoms with E-state index in [1.165, 1.54) is 39.0 Å². The first-order chi connectivity index (χ1) is 6.47. The van der Waals surface area contributed by atoms with Crippen LogP contribution in [0.5, 0.6) is 0 Å². The molecule has 1 N–H and O–H groups in total. The Morgan fingerprint density at radius 2 is 2.07 bits per heavy atom. The van der Waals surface area contributed by atoms with Gasteiger partial charge >= 0.3 is 0 Å². The molecule has 0 aliphatic carbocycles. The average Bonchev–Trinajstić information content (AvgIpc) is 2.44. The fraction of sp³-hybridized carbons (Fsp3) is 1.00. The summed E-state index contributed by atoms with van der Waals surface area (Å²) in [7, 11) is 2.22. The van der Waals surface area contributed by atoms with E-state index < -0.39 is 0 Å². The smallest absolute Gasteiger partial charge is 0.00192 e. The van der Waals surface area contributed by atoms with Crippen LogP contribution in [0.3, 0.4) is 0 Å². The number of nitrogens with zero attached hydrogens (tertiary/aromatic N) is 1. The summed E-state index contributed by atoms with van der Waals surface area (Å²) in [5.41, 5.74) is 0.472. The molecule has 1 heterocycles. The average molecular weight is 198 g/mol. The van der Waals surface area contributed by atoms with E-state index in [9.17, 15) is 0 Å². The van der Waals surface area contributed by atoms with Crippen LogP contribution in [0.15, 0.2) is 0 Å². The van der Waals surface area contributed by atoms with Gasteiger partial charge in [-0.15, -0.1) is 0 Å². The fourth-order valence-electron chi connectivity index (χ4n) is 1.96. The second kappa shape index (κ2) is 5.13. The summed E-state index contributed by atoms with van der Waals surface area (Å²) in [6.45, 7) is 11.9. The molecule has 2 heteroatoms. The van der Waals surface area contributed by atoms with Crippen molar-refractivity contribution in [1.29, 1.82) is 0 Å². The molecule has 1 aliphatic rings. The highest BCUT2D eigenvalue weighted by molar-refractivity contribution is 4.75. The molecule has 0 aromatic rings. The van der Waals surface area contributed by atoms with Crippen molar-refractivity contribution in [3.63, 3.8) is 0 Å². The monoisotopic (exact) mass is 198 g/mol. The Bertz CT molecular complexity index is 160. The van der Waals surface area contributed by atoms with Crippen LogP contribution < -0.4 is 5.32 Å². The second-order valence-electron chi connectivity index (χ2n) is 5.93. The van der Waals surface area contributed by atoms with Crippen molar-refractivity contribution < 1.29 is 0 Å². The number of hydrogen-bond acceptors (Lipinski definition) is 2. The van der Waals surface area contributed by atoms with Crippen molar-refractivity contribution in [1.82, 2.24) is 10.2 Å². The van der Waals surface area contributed by atoms with Crippen LogP contribution in [0.25, 0.3) is 0 Å². The quantitative estimate of drug-likeness (QED) is 0.695. The summed E-state index contributed by atoms with van der Waals surface area (Å²) in [5, 5.41) is 3.58. The molecule has 1 saturated heterocycles. The Kier molecular flexibility index (Phi) is 4.39. The van der Waals surface area contributed by atoms with E-state index in [2.05, 4.69) is 38.0 Å². The van der Waals surface area contributed by atoms with E-state index in [0.717, 1.165) is 5.92 Å². The van der Waals surface area contributed by atoms with E-state index in [1.54, 1.807) is 0 Å². The van der Waals surface area contributed by atoms with Crippen LogP contribution in [0.2, 0.25) is 0 Å². The standard InChI is InChI=1S/C12H26N2/c1-12(2,3)6-7-13-9-11-5-8-14(4)10-11/h11,13H,5-10H2,1-4H3. The van der Waals surface area contributed by atoms with Crippen LogP contribution >= 0.6 is 0 Å². The molecule has 2 nitrogen and oxygen atoms in total. The van der Waals surface area contributed by atoms with Crippen LogP contribution in [-0.2, 0) is 0 Å². The normalized spacial score (nSPS) is 24.4. The molecule has 0 spiro atoms. The van der Waals surface area contributed by atoms with Crippen LogP contribution in [0.1, 0.15) is 33.6 Å². The van der Waals surface area contributed by atoms with Crippen LogP contribution in [0.4, 0.5) is 0 Å². The molecule has 0 saturated carbocycles. The molecule has 0 aromatic heterocycles.